The van der Waals surface area contributed by atoms with E-state index in [1.54, 1.807) is 78.9 Å². The molecule has 0 aliphatic carbocycles. The number of aliphatic carboxylic acids is 1. The van der Waals surface area contributed by atoms with Crippen molar-refractivity contribution in [3.05, 3.63) is 161 Å². The first-order valence-electron chi connectivity index (χ1n) is 19.6. The van der Waals surface area contributed by atoms with Crippen molar-refractivity contribution in [1.29, 1.82) is 5.26 Å². The maximum absolute atomic E-state index is 14.5. The molecular weight excluding hydrogens is 777 g/mol. The van der Waals surface area contributed by atoms with Gasteiger partial charge in [0.15, 0.2) is 0 Å². The summed E-state index contributed by atoms with van der Waals surface area (Å²) in [4.78, 5) is 81.7. The molecule has 5 aromatic carbocycles. The molecule has 7 rings (SSSR count). The average molecular weight is 821 g/mol. The van der Waals surface area contributed by atoms with Crippen LogP contribution in [0, 0.1) is 11.3 Å². The van der Waals surface area contributed by atoms with Gasteiger partial charge in [-0.25, -0.2) is 4.79 Å². The predicted molar refractivity (Wildman–Crippen MR) is 225 cm³/mol. The van der Waals surface area contributed by atoms with Gasteiger partial charge in [-0.2, -0.15) is 5.26 Å². The molecule has 2 bridgehead atoms. The Bertz CT molecular complexity index is 2400. The lowest BCUT2D eigenvalue weighted by molar-refractivity contribution is -0.142. The number of nitrogens with one attached hydrogen (secondary N) is 5. The van der Waals surface area contributed by atoms with Crippen LogP contribution in [0.2, 0.25) is 0 Å². The number of nitrogens with zero attached hydrogens (tertiary/aromatic N) is 1. The lowest BCUT2D eigenvalue weighted by Gasteiger charge is -2.26. The van der Waals surface area contributed by atoms with E-state index in [9.17, 15) is 44.2 Å². The molecule has 5 atom stereocenters. The summed E-state index contributed by atoms with van der Waals surface area (Å²) in [5, 5.41) is 43.6. The Morgan fingerprint density at radius 1 is 0.574 bits per heavy atom. The molecule has 0 spiro atoms. The fraction of sp³-hybridized carbons (Fsp3) is 0.213. The van der Waals surface area contributed by atoms with E-state index in [1.807, 2.05) is 48.5 Å². The highest BCUT2D eigenvalue weighted by atomic mass is 16.4. The van der Waals surface area contributed by atoms with Gasteiger partial charge in [0.2, 0.25) is 23.6 Å². The molecular formula is C47H44N6O8. The minimum Gasteiger partial charge on any atom is -0.480 e. The van der Waals surface area contributed by atoms with Crippen LogP contribution in [-0.2, 0) is 54.5 Å². The van der Waals surface area contributed by atoms with Crippen LogP contribution in [0.15, 0.2) is 133 Å². The van der Waals surface area contributed by atoms with E-state index in [1.165, 1.54) is 12.1 Å². The molecule has 5 aromatic rings. The van der Waals surface area contributed by atoms with Crippen molar-refractivity contribution in [3.8, 4) is 17.2 Å². The second kappa shape index (κ2) is 20.4. The van der Waals surface area contributed by atoms with Crippen LogP contribution in [0.4, 0.5) is 5.69 Å². The average Bonchev–Trinajstić information content (AvgIpc) is 3.26. The Morgan fingerprint density at radius 3 is 1.70 bits per heavy atom. The SMILES string of the molecule is N#Cc1cccc(C[C@H]2NC(=O)C[C@@H](O)C(=O)Nc3ccc(cc3)C[C@@H](C(=O)O)NC(=O)[C@@H](Cc3ccccc3)NC(=O)[C@H](Cc3ccc(-c4ccccc4)cc3)NC2=O)c1. The third-order valence-corrected chi connectivity index (χ3v) is 10.2. The first kappa shape index (κ1) is 43.0. The van der Waals surface area contributed by atoms with Crippen LogP contribution in [0.3, 0.4) is 0 Å². The number of aliphatic hydroxyl groups is 1. The molecule has 5 amide bonds. The van der Waals surface area contributed by atoms with E-state index in [-0.39, 0.29) is 31.4 Å². The van der Waals surface area contributed by atoms with Crippen molar-refractivity contribution in [2.75, 3.05) is 5.32 Å². The molecule has 0 fully saturated rings. The Kier molecular flexibility index (Phi) is 14.3. The third-order valence-electron chi connectivity index (χ3n) is 10.2. The minimum absolute atomic E-state index is 0.0260. The van der Waals surface area contributed by atoms with E-state index in [2.05, 4.69) is 26.6 Å². The quantitative estimate of drug-likeness (QED) is 0.114. The lowest BCUT2D eigenvalue weighted by Crippen LogP contribution is -2.59. The Balaban J connectivity index is 1.37. The number of aliphatic hydroxyl groups excluding tert-OH is 1. The third kappa shape index (κ3) is 12.2. The molecule has 2 aliphatic rings. The number of carboxylic acid groups (broad SMARTS) is 1. The second-order valence-electron chi connectivity index (χ2n) is 14.7. The summed E-state index contributed by atoms with van der Waals surface area (Å²) < 4.78 is 0. The molecule has 7 N–H and O–H groups in total. The summed E-state index contributed by atoms with van der Waals surface area (Å²) in [6.45, 7) is 0. The number of rotatable bonds is 8. The van der Waals surface area contributed by atoms with E-state index in [4.69, 9.17) is 0 Å². The first-order valence-corrected chi connectivity index (χ1v) is 19.6. The van der Waals surface area contributed by atoms with Crippen LogP contribution >= 0.6 is 0 Å². The van der Waals surface area contributed by atoms with Crippen LogP contribution < -0.4 is 26.6 Å². The van der Waals surface area contributed by atoms with Gasteiger partial charge >= 0.3 is 5.97 Å². The van der Waals surface area contributed by atoms with E-state index >= 15 is 0 Å². The van der Waals surface area contributed by atoms with E-state index < -0.39 is 72.2 Å². The number of carbonyl (C=O) groups is 6. The molecule has 2 aliphatic heterocycles. The van der Waals surface area contributed by atoms with Gasteiger partial charge in [0.25, 0.3) is 5.91 Å². The zero-order valence-corrected chi connectivity index (χ0v) is 32.9. The molecule has 0 saturated carbocycles. The predicted octanol–water partition coefficient (Wildman–Crippen LogP) is 3.22. The number of hydrogen-bond acceptors (Lipinski definition) is 8. The zero-order chi connectivity index (χ0) is 43.3. The maximum Gasteiger partial charge on any atom is 0.326 e. The highest BCUT2D eigenvalue weighted by Crippen LogP contribution is 2.20. The molecule has 310 valence electrons. The van der Waals surface area contributed by atoms with Crippen LogP contribution in [0.25, 0.3) is 11.1 Å². The van der Waals surface area contributed by atoms with Crippen molar-refractivity contribution in [1.82, 2.24) is 21.3 Å². The topological polar surface area (TPSA) is 227 Å². The number of hydrogen-bond donors (Lipinski definition) is 7. The lowest BCUT2D eigenvalue weighted by atomic mass is 9.98. The molecule has 0 unspecified atom stereocenters. The largest absolute Gasteiger partial charge is 0.480 e. The smallest absolute Gasteiger partial charge is 0.326 e. The van der Waals surface area contributed by atoms with Gasteiger partial charge in [0.05, 0.1) is 18.1 Å². The summed E-state index contributed by atoms with van der Waals surface area (Å²) in [6.07, 6.45) is -2.94. The molecule has 2 heterocycles. The normalized spacial score (nSPS) is 20.4. The fourth-order valence-electron chi connectivity index (χ4n) is 6.90. The van der Waals surface area contributed by atoms with Crippen LogP contribution in [0.5, 0.6) is 0 Å². The molecule has 14 nitrogen and oxygen atoms in total. The Labute approximate surface area is 352 Å². The van der Waals surface area contributed by atoms with Crippen LogP contribution in [-0.4, -0.2) is 76.0 Å². The number of carboxylic acids is 1. The van der Waals surface area contributed by atoms with E-state index in [0.29, 0.717) is 27.8 Å². The van der Waals surface area contributed by atoms with Crippen molar-refractivity contribution in [2.24, 2.45) is 0 Å². The molecule has 0 aromatic heterocycles. The number of fused-ring (bicyclic) bond motifs is 18. The van der Waals surface area contributed by atoms with Crippen LogP contribution in [0.1, 0.15) is 34.2 Å². The number of carbonyl (C=O) groups excluding carboxylic acids is 5. The Morgan fingerprint density at radius 2 is 1.10 bits per heavy atom. The Hall–Kier alpha value is -7.63. The molecule has 14 heteroatoms. The monoisotopic (exact) mass is 820 g/mol. The standard InChI is InChI=1S/C47H44N6O8/c48-28-33-11-7-10-32(22-33)26-37-43(56)51-39(24-30-14-18-35(19-15-30)34-12-5-2-6-13-34)44(57)52-38(23-29-8-3-1-4-9-29)45(58)53-40(47(60)61)25-31-16-20-36(21-17-31)49-46(59)41(54)27-42(55)50-37/h1-22,37-41,54H,23-27H2,(H,49,59)(H,50,55)(H,51,56)(H,52,57)(H,53,58)(H,60,61)/t37-,38-,39+,40+,41-/m1/s1. The minimum atomic E-state index is -1.83. The maximum atomic E-state index is 14.5. The summed E-state index contributed by atoms with van der Waals surface area (Å²) >= 11 is 0. The van der Waals surface area contributed by atoms with Gasteiger partial charge in [-0.1, -0.05) is 109 Å². The van der Waals surface area contributed by atoms with Gasteiger partial charge in [0, 0.05) is 31.4 Å². The van der Waals surface area contributed by atoms with Gasteiger partial charge in [0.1, 0.15) is 30.3 Å². The molecule has 61 heavy (non-hydrogen) atoms. The van der Waals surface area contributed by atoms with Gasteiger partial charge in [-0.05, 0) is 57.6 Å². The second-order valence-corrected chi connectivity index (χ2v) is 14.7. The van der Waals surface area contributed by atoms with Gasteiger partial charge in [-0.3, -0.25) is 24.0 Å². The van der Waals surface area contributed by atoms with Gasteiger partial charge in [-0.15, -0.1) is 0 Å². The number of amides is 5. The van der Waals surface area contributed by atoms with E-state index in [0.717, 1.165) is 11.1 Å². The fourth-order valence-corrected chi connectivity index (χ4v) is 6.90. The van der Waals surface area contributed by atoms with Crippen molar-refractivity contribution in [3.63, 3.8) is 0 Å². The molecule has 0 saturated heterocycles. The number of benzene rings is 5. The summed E-state index contributed by atoms with van der Waals surface area (Å²) in [5.74, 6) is -5.45. The highest BCUT2D eigenvalue weighted by molar-refractivity contribution is 5.98. The highest BCUT2D eigenvalue weighted by Gasteiger charge is 2.33. The molecule has 0 radical (unpaired) electrons. The number of anilines is 1. The first-order chi connectivity index (χ1) is 29.4. The van der Waals surface area contributed by atoms with Crippen molar-refractivity contribution < 1.29 is 39.0 Å². The summed E-state index contributed by atoms with van der Waals surface area (Å²) in [7, 11) is 0. The summed E-state index contributed by atoms with van der Waals surface area (Å²) in [5.41, 5.74) is 4.72. The number of nitriles is 1. The summed E-state index contributed by atoms with van der Waals surface area (Å²) in [6, 6.07) is 34.9. The van der Waals surface area contributed by atoms with Gasteiger partial charge < -0.3 is 36.8 Å². The zero-order valence-electron chi connectivity index (χ0n) is 32.9. The van der Waals surface area contributed by atoms with Crippen molar-refractivity contribution >= 4 is 41.2 Å². The van der Waals surface area contributed by atoms with Crippen molar-refractivity contribution in [2.45, 2.75) is 62.4 Å².